The third-order valence-electron chi connectivity index (χ3n) is 2.22. The maximum atomic E-state index is 13.0. The molecule has 12 heteroatoms. The summed E-state index contributed by atoms with van der Waals surface area (Å²) in [7, 11) is 0. The van der Waals surface area contributed by atoms with E-state index in [1.807, 2.05) is 0 Å². The molecule has 2 N–H and O–H groups in total. The van der Waals surface area contributed by atoms with Crippen molar-refractivity contribution in [3.05, 3.63) is 11.8 Å². The Labute approximate surface area is 117 Å². The standard InChI is InChI=1S/C10H10F9NO2/c1-5(20)4-6(21)22-3-2-7(11,12)8(13,14)9(15,16)10(17,18)19/h4H,2-3,20H2,1H3/b5-4-. The molecule has 0 aromatic rings. The van der Waals surface area contributed by atoms with Crippen LogP contribution in [0.1, 0.15) is 13.3 Å². The fraction of sp³-hybridized carbons (Fsp3) is 0.700. The SMILES string of the molecule is C/C(N)=C/C(=O)OCCC(F)(F)C(F)(F)C(F)(F)C(F)(F)F. The van der Waals surface area contributed by atoms with E-state index in [1.54, 1.807) is 0 Å². The lowest BCUT2D eigenvalue weighted by molar-refractivity contribution is -0.397. The summed E-state index contributed by atoms with van der Waals surface area (Å²) in [5.74, 6) is -20.8. The normalized spacial score (nSPS) is 14.9. The maximum absolute atomic E-state index is 13.0. The fourth-order valence-electron chi connectivity index (χ4n) is 1.07. The van der Waals surface area contributed by atoms with Gasteiger partial charge in [-0.1, -0.05) is 0 Å². The zero-order chi connectivity index (χ0) is 18.0. The van der Waals surface area contributed by atoms with Gasteiger partial charge in [0.2, 0.25) is 0 Å². The van der Waals surface area contributed by atoms with E-state index in [1.165, 1.54) is 6.92 Å². The molecular formula is C10H10F9NO2. The van der Waals surface area contributed by atoms with E-state index in [9.17, 15) is 44.3 Å². The van der Waals surface area contributed by atoms with Crippen LogP contribution < -0.4 is 5.73 Å². The number of carbonyl (C=O) groups is 1. The van der Waals surface area contributed by atoms with Crippen molar-refractivity contribution in [3.8, 4) is 0 Å². The summed E-state index contributed by atoms with van der Waals surface area (Å²) in [6.45, 7) is -0.326. The number of allylic oxidation sites excluding steroid dienone is 1. The lowest BCUT2D eigenvalue weighted by atomic mass is 10.0. The minimum absolute atomic E-state index is 0.134. The summed E-state index contributed by atoms with van der Waals surface area (Å²) in [5, 5.41) is 0. The zero-order valence-corrected chi connectivity index (χ0v) is 10.8. The quantitative estimate of drug-likeness (QED) is 0.456. The number of esters is 1. The van der Waals surface area contributed by atoms with Crippen molar-refractivity contribution in [1.29, 1.82) is 0 Å². The van der Waals surface area contributed by atoms with Crippen molar-refractivity contribution in [1.82, 2.24) is 0 Å². The van der Waals surface area contributed by atoms with Crippen LogP contribution in [0.3, 0.4) is 0 Å². The molecule has 0 aromatic carbocycles. The molecule has 0 amide bonds. The van der Waals surface area contributed by atoms with E-state index in [0.29, 0.717) is 6.08 Å². The van der Waals surface area contributed by atoms with Crippen molar-refractivity contribution in [2.45, 2.75) is 37.3 Å². The van der Waals surface area contributed by atoms with Gasteiger partial charge in [-0.2, -0.15) is 39.5 Å². The second-order valence-corrected chi connectivity index (χ2v) is 4.16. The summed E-state index contributed by atoms with van der Waals surface area (Å²) in [4.78, 5) is 10.8. The molecule has 22 heavy (non-hydrogen) atoms. The molecule has 0 aliphatic carbocycles. The molecule has 0 heterocycles. The number of carbonyl (C=O) groups excluding carboxylic acids is 1. The summed E-state index contributed by atoms with van der Waals surface area (Å²) in [6, 6.07) is 0. The van der Waals surface area contributed by atoms with Crippen LogP contribution in [0.5, 0.6) is 0 Å². The number of alkyl halides is 9. The third kappa shape index (κ3) is 4.19. The Morgan fingerprint density at radius 1 is 1.00 bits per heavy atom. The van der Waals surface area contributed by atoms with Gasteiger partial charge in [0.05, 0.1) is 13.0 Å². The Morgan fingerprint density at radius 2 is 1.45 bits per heavy atom. The average molecular weight is 347 g/mol. The van der Waals surface area contributed by atoms with Gasteiger partial charge in [-0.25, -0.2) is 4.79 Å². The predicted molar refractivity (Wildman–Crippen MR) is 54.4 cm³/mol. The Kier molecular flexibility index (Phi) is 5.78. The van der Waals surface area contributed by atoms with Gasteiger partial charge in [-0.15, -0.1) is 0 Å². The van der Waals surface area contributed by atoms with Crippen molar-refractivity contribution < 1.29 is 49.0 Å². The van der Waals surface area contributed by atoms with E-state index < -0.39 is 42.9 Å². The largest absolute Gasteiger partial charge is 0.462 e. The van der Waals surface area contributed by atoms with Gasteiger partial charge in [0.25, 0.3) is 0 Å². The van der Waals surface area contributed by atoms with Crippen LogP contribution in [-0.2, 0) is 9.53 Å². The highest BCUT2D eigenvalue weighted by Gasteiger charge is 2.81. The highest BCUT2D eigenvalue weighted by molar-refractivity contribution is 5.82. The Morgan fingerprint density at radius 3 is 1.82 bits per heavy atom. The molecule has 0 spiro atoms. The molecule has 0 bridgehead atoms. The number of hydrogen-bond donors (Lipinski definition) is 1. The second kappa shape index (κ2) is 6.24. The van der Waals surface area contributed by atoms with Crippen LogP contribution in [0.4, 0.5) is 39.5 Å². The topological polar surface area (TPSA) is 52.3 Å². The summed E-state index contributed by atoms with van der Waals surface area (Å²) in [6.07, 6.45) is -8.55. The van der Waals surface area contributed by atoms with Gasteiger partial charge >= 0.3 is 29.9 Å². The number of ether oxygens (including phenoxy) is 1. The van der Waals surface area contributed by atoms with Crippen molar-refractivity contribution in [3.63, 3.8) is 0 Å². The molecule has 0 saturated heterocycles. The first-order valence-corrected chi connectivity index (χ1v) is 5.37. The van der Waals surface area contributed by atoms with Crippen molar-refractivity contribution in [2.24, 2.45) is 5.73 Å². The predicted octanol–water partition coefficient (Wildman–Crippen LogP) is 3.25. The van der Waals surface area contributed by atoms with Gasteiger partial charge in [-0.05, 0) is 6.92 Å². The monoisotopic (exact) mass is 347 g/mol. The van der Waals surface area contributed by atoms with Crippen LogP contribution in [0.2, 0.25) is 0 Å². The lowest BCUT2D eigenvalue weighted by Gasteiger charge is -2.33. The maximum Gasteiger partial charge on any atom is 0.460 e. The van der Waals surface area contributed by atoms with E-state index in [-0.39, 0.29) is 5.70 Å². The summed E-state index contributed by atoms with van der Waals surface area (Å²) < 4.78 is 116. The van der Waals surface area contributed by atoms with E-state index in [2.05, 4.69) is 4.74 Å². The van der Waals surface area contributed by atoms with E-state index in [0.717, 1.165) is 0 Å². The number of rotatable bonds is 6. The van der Waals surface area contributed by atoms with Gasteiger partial charge in [0, 0.05) is 11.8 Å². The molecule has 0 atom stereocenters. The van der Waals surface area contributed by atoms with E-state index >= 15 is 0 Å². The van der Waals surface area contributed by atoms with Crippen LogP contribution in [0.15, 0.2) is 11.8 Å². The number of nitrogens with two attached hydrogens (primary N) is 1. The Bertz CT molecular complexity index is 438. The molecule has 0 aliphatic rings. The highest BCUT2D eigenvalue weighted by Crippen LogP contribution is 2.53. The zero-order valence-electron chi connectivity index (χ0n) is 10.8. The molecule has 130 valence electrons. The van der Waals surface area contributed by atoms with Crippen LogP contribution >= 0.6 is 0 Å². The first kappa shape index (κ1) is 20.4. The number of halogens is 9. The molecule has 0 aromatic heterocycles. The first-order chi connectivity index (χ1) is 9.56. The highest BCUT2D eigenvalue weighted by atomic mass is 19.4. The molecule has 0 aliphatic heterocycles. The molecule has 0 saturated carbocycles. The van der Waals surface area contributed by atoms with Gasteiger partial charge in [-0.3, -0.25) is 0 Å². The van der Waals surface area contributed by atoms with Crippen LogP contribution in [0, 0.1) is 0 Å². The molecule has 3 nitrogen and oxygen atoms in total. The van der Waals surface area contributed by atoms with Crippen LogP contribution in [0.25, 0.3) is 0 Å². The number of hydrogen-bond acceptors (Lipinski definition) is 3. The van der Waals surface area contributed by atoms with Gasteiger partial charge in [0.15, 0.2) is 0 Å². The third-order valence-corrected chi connectivity index (χ3v) is 2.22. The van der Waals surface area contributed by atoms with Crippen molar-refractivity contribution >= 4 is 5.97 Å². The minimum atomic E-state index is -6.96. The first-order valence-electron chi connectivity index (χ1n) is 5.37. The van der Waals surface area contributed by atoms with Crippen LogP contribution in [-0.4, -0.2) is 36.5 Å². The fourth-order valence-corrected chi connectivity index (χ4v) is 1.07. The van der Waals surface area contributed by atoms with Gasteiger partial charge < -0.3 is 10.5 Å². The molecule has 0 unspecified atom stereocenters. The summed E-state index contributed by atoms with van der Waals surface area (Å²) >= 11 is 0. The Hall–Kier alpha value is -1.62. The minimum Gasteiger partial charge on any atom is -0.462 e. The lowest BCUT2D eigenvalue weighted by Crippen LogP contribution is -2.61. The second-order valence-electron chi connectivity index (χ2n) is 4.16. The smallest absolute Gasteiger partial charge is 0.460 e. The summed E-state index contributed by atoms with van der Waals surface area (Å²) in [5.41, 5.74) is 4.86. The molecule has 0 rings (SSSR count). The Balaban J connectivity index is 5.00. The molecule has 0 fully saturated rings. The van der Waals surface area contributed by atoms with Crippen molar-refractivity contribution in [2.75, 3.05) is 6.61 Å². The average Bonchev–Trinajstić information content (AvgIpc) is 2.25. The van der Waals surface area contributed by atoms with E-state index in [4.69, 9.17) is 5.73 Å². The van der Waals surface area contributed by atoms with Gasteiger partial charge in [0.1, 0.15) is 0 Å². The molecular weight excluding hydrogens is 337 g/mol. The molecule has 0 radical (unpaired) electrons.